The van der Waals surface area contributed by atoms with E-state index in [0.717, 1.165) is 10.6 Å². The summed E-state index contributed by atoms with van der Waals surface area (Å²) in [5.74, 6) is -6.53. The summed E-state index contributed by atoms with van der Waals surface area (Å²) in [6, 6.07) is 20.9. The highest BCUT2D eigenvalue weighted by Gasteiger charge is 2.70. The van der Waals surface area contributed by atoms with Gasteiger partial charge < -0.3 is 9.84 Å². The van der Waals surface area contributed by atoms with E-state index >= 15 is 4.79 Å². The lowest BCUT2D eigenvalue weighted by molar-refractivity contribution is -0.139. The molecule has 2 aliphatic carbocycles. The largest absolute Gasteiger partial charge is 0.491 e. The molecule has 0 radical (unpaired) electrons. The quantitative estimate of drug-likeness (QED) is 0.131. The average molecular weight is 818 g/mol. The summed E-state index contributed by atoms with van der Waals surface area (Å²) in [6.07, 6.45) is -0.495. The molecule has 3 fully saturated rings. The molecule has 15 heteroatoms. The van der Waals surface area contributed by atoms with Gasteiger partial charge in [0, 0.05) is 17.1 Å². The molecule has 4 amide bonds. The smallest absolute Gasteiger partial charge is 0.417 e. The van der Waals surface area contributed by atoms with E-state index in [9.17, 15) is 32.7 Å². The third-order valence-electron chi connectivity index (χ3n) is 11.5. The number of carbonyl (C=O) groups excluding carboxylic acids is 4. The number of aliphatic hydroxyl groups is 1. The number of rotatable bonds is 9. The molecule has 2 N–H and O–H groups in total. The number of benzene rings is 3. The zero-order valence-electron chi connectivity index (χ0n) is 29.9. The number of hydrazine groups is 1. The summed E-state index contributed by atoms with van der Waals surface area (Å²) in [5.41, 5.74) is 2.72. The van der Waals surface area contributed by atoms with Gasteiger partial charge in [-0.15, -0.1) is 0 Å². The minimum Gasteiger partial charge on any atom is -0.491 e. The summed E-state index contributed by atoms with van der Waals surface area (Å²) in [4.78, 5) is 63.9. The zero-order chi connectivity index (χ0) is 40.4. The molecule has 2 saturated heterocycles. The van der Waals surface area contributed by atoms with Crippen molar-refractivity contribution in [2.24, 2.45) is 23.7 Å². The lowest BCUT2D eigenvalue weighted by Gasteiger charge is -2.50. The first-order valence-electron chi connectivity index (χ1n) is 18.1. The van der Waals surface area contributed by atoms with Gasteiger partial charge in [0.15, 0.2) is 5.82 Å². The molecule has 0 unspecified atom stereocenters. The number of nitrogens with one attached hydrogen (secondary N) is 1. The molecule has 4 aromatic rings. The number of allylic oxidation sites excluding steroid dienone is 2. The molecule has 57 heavy (non-hydrogen) atoms. The van der Waals surface area contributed by atoms with E-state index in [0.29, 0.717) is 45.4 Å². The normalized spacial score (nSPS) is 25.5. The van der Waals surface area contributed by atoms with Gasteiger partial charge in [0.1, 0.15) is 12.4 Å². The summed E-state index contributed by atoms with van der Waals surface area (Å²) in [7, 11) is 0. The summed E-state index contributed by atoms with van der Waals surface area (Å²) < 4.78 is 46.1. The van der Waals surface area contributed by atoms with Gasteiger partial charge in [-0.2, -0.15) is 18.2 Å². The van der Waals surface area contributed by atoms with Crippen molar-refractivity contribution in [2.75, 3.05) is 23.5 Å². The molecule has 6 atom stereocenters. The van der Waals surface area contributed by atoms with Crippen molar-refractivity contribution >= 4 is 64.4 Å². The fraction of sp³-hybridized carbons (Fsp3) is 0.262. The van der Waals surface area contributed by atoms with Crippen LogP contribution in [-0.4, -0.2) is 51.9 Å². The molecule has 2 aliphatic heterocycles. The van der Waals surface area contributed by atoms with Crippen molar-refractivity contribution < 1.29 is 42.2 Å². The fourth-order valence-electron chi connectivity index (χ4n) is 9.09. The maximum Gasteiger partial charge on any atom is 0.417 e. The van der Waals surface area contributed by atoms with Gasteiger partial charge in [-0.05, 0) is 77.9 Å². The van der Waals surface area contributed by atoms with Crippen LogP contribution in [-0.2, 0) is 30.8 Å². The van der Waals surface area contributed by atoms with Crippen LogP contribution in [0.4, 0.5) is 24.7 Å². The van der Waals surface area contributed by atoms with E-state index in [-0.39, 0.29) is 37.8 Å². The number of nitrogens with zero attached hydrogens (tertiary/aromatic N) is 3. The van der Waals surface area contributed by atoms with E-state index in [2.05, 4.69) is 17.0 Å². The Morgan fingerprint density at radius 3 is 2.28 bits per heavy atom. The van der Waals surface area contributed by atoms with Crippen LogP contribution >= 0.6 is 23.2 Å². The molecule has 0 spiro atoms. The first-order chi connectivity index (χ1) is 27.3. The molecular weight excluding hydrogens is 784 g/mol. The highest BCUT2D eigenvalue weighted by molar-refractivity contribution is 6.33. The monoisotopic (exact) mass is 816 g/mol. The van der Waals surface area contributed by atoms with Crippen LogP contribution in [0, 0.1) is 23.7 Å². The molecule has 8 rings (SSSR count). The maximum absolute atomic E-state index is 15.3. The predicted octanol–water partition coefficient (Wildman–Crippen LogP) is 7.61. The Morgan fingerprint density at radius 2 is 1.65 bits per heavy atom. The number of ether oxygens (including phenoxy) is 1. The minimum atomic E-state index is -4.75. The van der Waals surface area contributed by atoms with Crippen LogP contribution in [0.15, 0.2) is 103 Å². The van der Waals surface area contributed by atoms with E-state index in [1.807, 2.05) is 6.08 Å². The first-order valence-corrected chi connectivity index (χ1v) is 18.8. The number of hydrogen-bond acceptors (Lipinski definition) is 8. The minimum absolute atomic E-state index is 0.0248. The Bertz CT molecular complexity index is 2340. The summed E-state index contributed by atoms with van der Waals surface area (Å²) in [6.45, 7) is 3.58. The van der Waals surface area contributed by atoms with Crippen molar-refractivity contribution in [2.45, 2.75) is 30.4 Å². The number of fused-ring (bicyclic) bond motifs is 4. The van der Waals surface area contributed by atoms with Crippen LogP contribution in [0.5, 0.6) is 5.75 Å². The van der Waals surface area contributed by atoms with Crippen molar-refractivity contribution in [1.29, 1.82) is 0 Å². The Labute approximate surface area is 334 Å². The van der Waals surface area contributed by atoms with E-state index < -0.39 is 69.5 Å². The van der Waals surface area contributed by atoms with Crippen LogP contribution < -0.4 is 15.1 Å². The van der Waals surface area contributed by atoms with Crippen LogP contribution in [0.1, 0.15) is 41.0 Å². The van der Waals surface area contributed by atoms with Gasteiger partial charge in [-0.25, -0.2) is 4.98 Å². The Kier molecular flexibility index (Phi) is 9.74. The number of carbonyl (C=O) groups is 4. The first kappa shape index (κ1) is 38.4. The van der Waals surface area contributed by atoms with Crippen molar-refractivity contribution in [1.82, 2.24) is 9.99 Å². The second-order valence-corrected chi connectivity index (χ2v) is 15.2. The Hall–Kier alpha value is -5.50. The third kappa shape index (κ3) is 6.19. The molecule has 292 valence electrons. The summed E-state index contributed by atoms with van der Waals surface area (Å²) in [5, 5.41) is 9.97. The van der Waals surface area contributed by atoms with Crippen molar-refractivity contribution in [3.8, 4) is 5.75 Å². The number of imide groups is 2. The molecule has 3 heterocycles. The molecule has 0 bridgehead atoms. The van der Waals surface area contributed by atoms with E-state index in [1.54, 1.807) is 78.9 Å². The van der Waals surface area contributed by atoms with Gasteiger partial charge in [0.2, 0.25) is 11.8 Å². The number of pyridine rings is 1. The lowest BCUT2D eigenvalue weighted by atomic mass is 9.49. The highest BCUT2D eigenvalue weighted by atomic mass is 35.5. The van der Waals surface area contributed by atoms with Crippen molar-refractivity contribution in [3.63, 3.8) is 0 Å². The molecule has 10 nitrogen and oxygen atoms in total. The highest BCUT2D eigenvalue weighted by Crippen LogP contribution is 2.64. The summed E-state index contributed by atoms with van der Waals surface area (Å²) >= 11 is 12.6. The van der Waals surface area contributed by atoms with Crippen molar-refractivity contribution in [3.05, 3.63) is 136 Å². The number of aliphatic hydroxyl groups excluding tert-OH is 1. The maximum atomic E-state index is 15.3. The number of amides is 4. The molecular formula is C42H33Cl2F3N4O6. The van der Waals surface area contributed by atoms with Gasteiger partial charge in [0.05, 0.1) is 46.0 Å². The van der Waals surface area contributed by atoms with Crippen LogP contribution in [0.3, 0.4) is 0 Å². The van der Waals surface area contributed by atoms with Gasteiger partial charge in [-0.1, -0.05) is 83.9 Å². The standard InChI is InChI=1S/C42H33Cl2F3N4O6/c1-2-22-3-11-27(12-4-22)50-37(53)30-16-15-29-31(34(30)39(50)55)20-32-38(54)51(49-36-33(44)19-25(21-48-36)42(45,46)47)40(56)41(32,24-7-9-26(43)10-8-24)35(29)23-5-13-28(14-6-23)57-18-17-52/h2-15,19,21,30-32,34-35,52H,1,16-18,20H2,(H,48,49)/t30-,31+,32-,34-,35-,41+/m0/s1. The SMILES string of the molecule is C=Cc1ccc(N2C(=O)[C@H]3[C@H](CC=C4[C@H]3C[C@H]3C(=O)N(Nc5ncc(C(F)(F)F)cc5Cl)C(=O)[C@@]3(c3ccc(Cl)cc3)[C@H]4c3ccc(OCCO)cc3)C2=O)cc1. The number of anilines is 2. The lowest BCUT2D eigenvalue weighted by Crippen LogP contribution is -2.53. The van der Waals surface area contributed by atoms with E-state index in [4.69, 9.17) is 27.9 Å². The van der Waals surface area contributed by atoms with Gasteiger partial charge in [0.25, 0.3) is 11.8 Å². The molecule has 1 aromatic heterocycles. The zero-order valence-corrected chi connectivity index (χ0v) is 31.4. The predicted molar refractivity (Wildman–Crippen MR) is 205 cm³/mol. The molecule has 3 aromatic carbocycles. The van der Waals surface area contributed by atoms with Gasteiger partial charge >= 0.3 is 6.18 Å². The topological polar surface area (TPSA) is 129 Å². The number of halogens is 5. The number of aromatic nitrogens is 1. The Morgan fingerprint density at radius 1 is 0.947 bits per heavy atom. The number of alkyl halides is 3. The fourth-order valence-corrected chi connectivity index (χ4v) is 9.43. The average Bonchev–Trinajstić information content (AvgIpc) is 3.58. The number of hydrogen-bond donors (Lipinski definition) is 2. The molecule has 4 aliphatic rings. The van der Waals surface area contributed by atoms with Crippen LogP contribution in [0.2, 0.25) is 10.0 Å². The second-order valence-electron chi connectivity index (χ2n) is 14.4. The second kappa shape index (κ2) is 14.5. The molecule has 1 saturated carbocycles. The van der Waals surface area contributed by atoms with Crippen LogP contribution in [0.25, 0.3) is 6.08 Å². The Balaban J connectivity index is 1.29. The third-order valence-corrected chi connectivity index (χ3v) is 12.1. The van der Waals surface area contributed by atoms with Gasteiger partial charge in [-0.3, -0.25) is 29.5 Å². The van der Waals surface area contributed by atoms with E-state index in [1.165, 1.54) is 4.90 Å².